The lowest BCUT2D eigenvalue weighted by Crippen LogP contribution is -2.31. The monoisotopic (exact) mass is 361 g/mol. The minimum atomic E-state index is -0.0983. The van der Waals surface area contributed by atoms with Gasteiger partial charge in [-0.05, 0) is 43.2 Å². The number of carbonyl (C=O) groups excluding carboxylic acids is 1. The molecule has 0 atom stereocenters. The third-order valence-corrected chi connectivity index (χ3v) is 4.16. The number of benzene rings is 1. The molecule has 0 spiro atoms. The Labute approximate surface area is 159 Å². The number of anilines is 1. The molecule has 27 heavy (non-hydrogen) atoms. The van der Waals surface area contributed by atoms with E-state index < -0.39 is 0 Å². The predicted octanol–water partition coefficient (Wildman–Crippen LogP) is 3.45. The van der Waals surface area contributed by atoms with Gasteiger partial charge in [-0.1, -0.05) is 30.3 Å². The van der Waals surface area contributed by atoms with Gasteiger partial charge in [0, 0.05) is 37.7 Å². The quantitative estimate of drug-likeness (QED) is 0.698. The molecule has 0 aliphatic heterocycles. The molecule has 0 bridgehead atoms. The third-order valence-electron chi connectivity index (χ3n) is 4.16. The maximum Gasteiger partial charge on any atom is 0.272 e. The van der Waals surface area contributed by atoms with Gasteiger partial charge >= 0.3 is 0 Å². The van der Waals surface area contributed by atoms with E-state index in [9.17, 15) is 4.79 Å². The Morgan fingerprint density at radius 3 is 2.48 bits per heavy atom. The Morgan fingerprint density at radius 1 is 1.04 bits per heavy atom. The fraction of sp³-hybridized carbons (Fsp3) is 0.238. The van der Waals surface area contributed by atoms with Crippen molar-refractivity contribution in [3.05, 3.63) is 83.4 Å². The first-order valence-corrected chi connectivity index (χ1v) is 8.97. The molecule has 2 aromatic heterocycles. The van der Waals surface area contributed by atoms with Crippen molar-refractivity contribution >= 4 is 11.9 Å². The van der Waals surface area contributed by atoms with Crippen molar-refractivity contribution < 1.29 is 4.79 Å². The summed E-state index contributed by atoms with van der Waals surface area (Å²) >= 11 is 0. The highest BCUT2D eigenvalue weighted by atomic mass is 16.2. The topological polar surface area (TPSA) is 71.0 Å². The number of aryl methyl sites for hydroxylation is 1. The van der Waals surface area contributed by atoms with Gasteiger partial charge in [-0.3, -0.25) is 9.78 Å². The zero-order valence-electron chi connectivity index (χ0n) is 15.6. The molecule has 0 saturated carbocycles. The summed E-state index contributed by atoms with van der Waals surface area (Å²) in [6.45, 7) is 5.57. The van der Waals surface area contributed by atoms with E-state index in [0.29, 0.717) is 31.3 Å². The van der Waals surface area contributed by atoms with Crippen LogP contribution in [0, 0.1) is 6.92 Å². The lowest BCUT2D eigenvalue weighted by atomic mass is 10.2. The van der Waals surface area contributed by atoms with Crippen molar-refractivity contribution in [2.45, 2.75) is 26.9 Å². The summed E-state index contributed by atoms with van der Waals surface area (Å²) in [6.07, 6.45) is 3.48. The zero-order valence-corrected chi connectivity index (χ0v) is 15.6. The number of aromatic nitrogens is 3. The number of amides is 1. The Bertz CT molecular complexity index is 884. The number of nitrogens with one attached hydrogen (secondary N) is 1. The number of pyridine rings is 1. The van der Waals surface area contributed by atoms with Crippen LogP contribution in [0.4, 0.5) is 5.95 Å². The fourth-order valence-electron chi connectivity index (χ4n) is 2.73. The Balaban J connectivity index is 1.74. The maximum atomic E-state index is 13.0. The van der Waals surface area contributed by atoms with Crippen LogP contribution in [0.25, 0.3) is 0 Å². The van der Waals surface area contributed by atoms with E-state index in [1.165, 1.54) is 0 Å². The first kappa shape index (κ1) is 18.5. The van der Waals surface area contributed by atoms with Crippen LogP contribution < -0.4 is 5.32 Å². The molecule has 2 heterocycles. The molecule has 3 aromatic rings. The van der Waals surface area contributed by atoms with Crippen LogP contribution >= 0.6 is 0 Å². The predicted molar refractivity (Wildman–Crippen MR) is 105 cm³/mol. The summed E-state index contributed by atoms with van der Waals surface area (Å²) < 4.78 is 0. The van der Waals surface area contributed by atoms with Gasteiger partial charge in [0.05, 0.1) is 0 Å². The standard InChI is InChI=1S/C21H23N5O/c1-3-26(15-18-7-5-4-6-8-18)20(27)19-13-16(2)24-21(25-19)23-14-17-9-11-22-12-10-17/h4-13H,3,14-15H2,1-2H3,(H,23,24,25). The second kappa shape index (κ2) is 8.89. The number of nitrogens with zero attached hydrogens (tertiary/aromatic N) is 4. The summed E-state index contributed by atoms with van der Waals surface area (Å²) in [5.74, 6) is 0.352. The number of carbonyl (C=O) groups is 1. The van der Waals surface area contributed by atoms with Crippen molar-refractivity contribution in [3.8, 4) is 0 Å². The third kappa shape index (κ3) is 5.10. The average molecular weight is 361 g/mol. The van der Waals surface area contributed by atoms with Crippen LogP contribution in [0.2, 0.25) is 0 Å². The minimum absolute atomic E-state index is 0.0983. The van der Waals surface area contributed by atoms with Crippen LogP contribution in [0.5, 0.6) is 0 Å². The zero-order chi connectivity index (χ0) is 19.1. The molecule has 0 aliphatic rings. The summed E-state index contributed by atoms with van der Waals surface area (Å²) in [4.78, 5) is 27.6. The summed E-state index contributed by atoms with van der Waals surface area (Å²) in [5.41, 5.74) is 3.32. The molecule has 0 radical (unpaired) electrons. The second-order valence-corrected chi connectivity index (χ2v) is 6.23. The molecule has 1 amide bonds. The van der Waals surface area contributed by atoms with E-state index in [0.717, 1.165) is 16.8 Å². The lowest BCUT2D eigenvalue weighted by Gasteiger charge is -2.21. The van der Waals surface area contributed by atoms with Crippen LogP contribution in [0.1, 0.15) is 34.2 Å². The summed E-state index contributed by atoms with van der Waals surface area (Å²) in [5, 5.41) is 3.18. The molecule has 0 saturated heterocycles. The molecule has 138 valence electrons. The van der Waals surface area contributed by atoms with Crippen molar-refractivity contribution in [2.75, 3.05) is 11.9 Å². The van der Waals surface area contributed by atoms with E-state index in [4.69, 9.17) is 0 Å². The molecule has 0 aliphatic carbocycles. The molecule has 3 rings (SSSR count). The fourth-order valence-corrected chi connectivity index (χ4v) is 2.73. The number of hydrogen-bond donors (Lipinski definition) is 1. The van der Waals surface area contributed by atoms with E-state index in [2.05, 4.69) is 20.3 Å². The molecule has 6 heteroatoms. The van der Waals surface area contributed by atoms with Gasteiger partial charge in [-0.15, -0.1) is 0 Å². The van der Waals surface area contributed by atoms with Gasteiger partial charge in [0.2, 0.25) is 5.95 Å². The Morgan fingerprint density at radius 2 is 1.78 bits per heavy atom. The number of rotatable bonds is 7. The molecule has 6 nitrogen and oxygen atoms in total. The van der Waals surface area contributed by atoms with Gasteiger partial charge in [0.1, 0.15) is 5.69 Å². The van der Waals surface area contributed by atoms with Crippen molar-refractivity contribution in [1.29, 1.82) is 0 Å². The summed E-state index contributed by atoms with van der Waals surface area (Å²) in [7, 11) is 0. The van der Waals surface area contributed by atoms with Crippen LogP contribution in [0.15, 0.2) is 60.9 Å². The molecule has 0 fully saturated rings. The van der Waals surface area contributed by atoms with Crippen molar-refractivity contribution in [2.24, 2.45) is 0 Å². The number of hydrogen-bond acceptors (Lipinski definition) is 5. The smallest absolute Gasteiger partial charge is 0.272 e. The first-order chi connectivity index (χ1) is 13.2. The van der Waals surface area contributed by atoms with Gasteiger partial charge in [-0.25, -0.2) is 9.97 Å². The van der Waals surface area contributed by atoms with Crippen LogP contribution in [-0.2, 0) is 13.1 Å². The van der Waals surface area contributed by atoms with E-state index in [1.54, 1.807) is 23.4 Å². The minimum Gasteiger partial charge on any atom is -0.350 e. The van der Waals surface area contributed by atoms with Gasteiger partial charge in [0.25, 0.3) is 5.91 Å². The second-order valence-electron chi connectivity index (χ2n) is 6.23. The highest BCUT2D eigenvalue weighted by molar-refractivity contribution is 5.92. The Hall–Kier alpha value is -3.28. The van der Waals surface area contributed by atoms with Gasteiger partial charge < -0.3 is 10.2 Å². The maximum absolute atomic E-state index is 13.0. The van der Waals surface area contributed by atoms with E-state index in [1.807, 2.05) is 56.3 Å². The largest absolute Gasteiger partial charge is 0.350 e. The average Bonchev–Trinajstić information content (AvgIpc) is 2.71. The molecular formula is C21H23N5O. The molecule has 1 N–H and O–H groups in total. The normalized spacial score (nSPS) is 10.4. The Kier molecular flexibility index (Phi) is 6.10. The van der Waals surface area contributed by atoms with Crippen molar-refractivity contribution in [3.63, 3.8) is 0 Å². The van der Waals surface area contributed by atoms with Crippen LogP contribution in [0.3, 0.4) is 0 Å². The molecule has 1 aromatic carbocycles. The molecular weight excluding hydrogens is 338 g/mol. The molecule has 0 unspecified atom stereocenters. The van der Waals surface area contributed by atoms with Gasteiger partial charge in [0.15, 0.2) is 0 Å². The van der Waals surface area contributed by atoms with E-state index in [-0.39, 0.29) is 5.91 Å². The highest BCUT2D eigenvalue weighted by Crippen LogP contribution is 2.12. The van der Waals surface area contributed by atoms with E-state index >= 15 is 0 Å². The van der Waals surface area contributed by atoms with Crippen molar-refractivity contribution in [1.82, 2.24) is 19.9 Å². The van der Waals surface area contributed by atoms with Crippen LogP contribution in [-0.4, -0.2) is 32.3 Å². The SMILES string of the molecule is CCN(Cc1ccccc1)C(=O)c1cc(C)nc(NCc2ccncc2)n1. The van der Waals surface area contributed by atoms with Gasteiger partial charge in [-0.2, -0.15) is 0 Å². The highest BCUT2D eigenvalue weighted by Gasteiger charge is 2.17. The summed E-state index contributed by atoms with van der Waals surface area (Å²) in [6, 6.07) is 15.5. The first-order valence-electron chi connectivity index (χ1n) is 8.97. The lowest BCUT2D eigenvalue weighted by molar-refractivity contribution is 0.0746.